The minimum absolute atomic E-state index is 0.104. The van der Waals surface area contributed by atoms with Crippen molar-refractivity contribution >= 4 is 21.5 Å². The second-order valence-corrected chi connectivity index (χ2v) is 16.5. The molecule has 56 heavy (non-hydrogen) atoms. The predicted octanol–water partition coefficient (Wildman–Crippen LogP) is 14.1. The highest BCUT2D eigenvalue weighted by atomic mass is 14.9. The van der Waals surface area contributed by atoms with Crippen molar-refractivity contribution in [3.05, 3.63) is 192 Å². The van der Waals surface area contributed by atoms with Crippen molar-refractivity contribution in [1.82, 2.24) is 9.97 Å². The maximum Gasteiger partial charge on any atom is 0.160 e. The van der Waals surface area contributed by atoms with Gasteiger partial charge in [0.25, 0.3) is 0 Å². The number of rotatable bonds is 4. The molecule has 11 rings (SSSR count). The molecule has 1 aromatic heterocycles. The lowest BCUT2D eigenvalue weighted by Crippen LogP contribution is -2.17. The van der Waals surface area contributed by atoms with Gasteiger partial charge in [0, 0.05) is 27.5 Å². The van der Waals surface area contributed by atoms with E-state index in [1.165, 1.54) is 77.2 Å². The Bertz CT molecular complexity index is 3080. The van der Waals surface area contributed by atoms with Crippen molar-refractivity contribution in [1.29, 1.82) is 0 Å². The van der Waals surface area contributed by atoms with Crippen LogP contribution >= 0.6 is 0 Å². The van der Waals surface area contributed by atoms with Crippen molar-refractivity contribution < 1.29 is 0 Å². The second kappa shape index (κ2) is 11.9. The third-order valence-corrected chi connectivity index (χ3v) is 12.7. The second-order valence-electron chi connectivity index (χ2n) is 16.5. The smallest absolute Gasteiger partial charge is 0.160 e. The van der Waals surface area contributed by atoms with Crippen LogP contribution in [0.5, 0.6) is 0 Å². The molecular formula is C54H40N2. The maximum absolute atomic E-state index is 5.34. The molecule has 0 atom stereocenters. The quantitative estimate of drug-likeness (QED) is 0.181. The van der Waals surface area contributed by atoms with Gasteiger partial charge < -0.3 is 0 Å². The van der Waals surface area contributed by atoms with E-state index in [0.717, 1.165) is 33.9 Å². The normalized spacial score (nSPS) is 14.4. The molecule has 1 heterocycles. The fraction of sp³-hybridized carbons (Fsp3) is 0.111. The first kappa shape index (κ1) is 32.8. The largest absolute Gasteiger partial charge is 0.228 e. The van der Waals surface area contributed by atoms with E-state index >= 15 is 0 Å². The summed E-state index contributed by atoms with van der Waals surface area (Å²) in [5, 5.41) is 5.01. The van der Waals surface area contributed by atoms with E-state index in [4.69, 9.17) is 9.97 Å². The minimum atomic E-state index is -0.183. The molecule has 0 saturated heterocycles. The number of hydrogen-bond donors (Lipinski definition) is 0. The van der Waals surface area contributed by atoms with E-state index in [0.29, 0.717) is 0 Å². The van der Waals surface area contributed by atoms with Crippen molar-refractivity contribution in [2.75, 3.05) is 0 Å². The third kappa shape index (κ3) is 4.62. The number of benzene rings is 8. The van der Waals surface area contributed by atoms with E-state index in [2.05, 4.69) is 191 Å². The first-order chi connectivity index (χ1) is 27.3. The van der Waals surface area contributed by atoms with Gasteiger partial charge in [-0.15, -0.1) is 0 Å². The predicted molar refractivity (Wildman–Crippen MR) is 234 cm³/mol. The van der Waals surface area contributed by atoms with Crippen LogP contribution in [-0.4, -0.2) is 9.97 Å². The molecule has 0 fully saturated rings. The molecule has 0 unspecified atom stereocenters. The van der Waals surface area contributed by atoms with Crippen molar-refractivity contribution in [3.63, 3.8) is 0 Å². The molecular weight excluding hydrogens is 677 g/mol. The van der Waals surface area contributed by atoms with Crippen LogP contribution in [0.3, 0.4) is 0 Å². The molecule has 0 spiro atoms. The summed E-state index contributed by atoms with van der Waals surface area (Å²) in [5.74, 6) is 0.724. The Morgan fingerprint density at radius 2 is 0.893 bits per heavy atom. The van der Waals surface area contributed by atoms with Crippen LogP contribution in [0, 0.1) is 0 Å². The zero-order valence-electron chi connectivity index (χ0n) is 32.1. The Morgan fingerprint density at radius 1 is 0.357 bits per heavy atom. The number of nitrogens with zero attached hydrogens (tertiary/aromatic N) is 2. The van der Waals surface area contributed by atoms with Gasteiger partial charge in [0.15, 0.2) is 5.82 Å². The topological polar surface area (TPSA) is 25.8 Å². The molecule has 9 aromatic rings. The molecule has 0 radical (unpaired) electrons. The summed E-state index contributed by atoms with van der Waals surface area (Å²) in [6, 6.07) is 61.9. The Morgan fingerprint density at radius 3 is 1.70 bits per heavy atom. The lowest BCUT2D eigenvalue weighted by Gasteiger charge is -2.26. The Labute approximate surface area is 328 Å². The summed E-state index contributed by atoms with van der Waals surface area (Å²) in [6.07, 6.45) is 0. The minimum Gasteiger partial charge on any atom is -0.228 e. The van der Waals surface area contributed by atoms with Gasteiger partial charge in [-0.1, -0.05) is 191 Å². The Kier molecular flexibility index (Phi) is 6.98. The first-order valence-corrected chi connectivity index (χ1v) is 19.7. The highest BCUT2D eigenvalue weighted by molar-refractivity contribution is 6.07. The maximum atomic E-state index is 5.34. The average molecular weight is 717 g/mol. The summed E-state index contributed by atoms with van der Waals surface area (Å²) in [7, 11) is 0. The molecule has 0 saturated carbocycles. The molecule has 2 heteroatoms. The van der Waals surface area contributed by atoms with Crippen molar-refractivity contribution in [2.45, 2.75) is 38.5 Å². The van der Waals surface area contributed by atoms with E-state index in [1.54, 1.807) is 0 Å². The average Bonchev–Trinajstić information content (AvgIpc) is 3.63. The monoisotopic (exact) mass is 716 g/mol. The van der Waals surface area contributed by atoms with Crippen LogP contribution in [0.4, 0.5) is 0 Å². The molecule has 0 N–H and O–H groups in total. The lowest BCUT2D eigenvalue weighted by molar-refractivity contribution is 0.660. The fourth-order valence-corrected chi connectivity index (χ4v) is 10.1. The Hall–Kier alpha value is -6.64. The van der Waals surface area contributed by atoms with Gasteiger partial charge in [0.1, 0.15) is 0 Å². The fourth-order valence-electron chi connectivity index (χ4n) is 10.1. The highest BCUT2D eigenvalue weighted by Gasteiger charge is 2.39. The highest BCUT2D eigenvalue weighted by Crippen LogP contribution is 2.55. The summed E-state index contributed by atoms with van der Waals surface area (Å²) in [6.45, 7) is 9.47. The molecule has 0 bridgehead atoms. The SMILES string of the molecule is CC1(C)c2ccccc2-c2c(-c3cc(-c4ccc(-c5cccc6c5C(C)(C)c5c-6ccc6ccccc56)c5ccccc45)nc(-c4ccccc4)n3)cccc21. The van der Waals surface area contributed by atoms with Gasteiger partial charge in [-0.05, 0) is 83.2 Å². The van der Waals surface area contributed by atoms with Crippen molar-refractivity contribution in [3.8, 4) is 67.3 Å². The molecule has 2 aliphatic carbocycles. The number of fused-ring (bicyclic) bond motifs is 9. The molecule has 0 amide bonds. The van der Waals surface area contributed by atoms with E-state index in [9.17, 15) is 0 Å². The van der Waals surface area contributed by atoms with Crippen molar-refractivity contribution in [2.24, 2.45) is 0 Å². The van der Waals surface area contributed by atoms with Gasteiger partial charge in [0.05, 0.1) is 11.4 Å². The summed E-state index contributed by atoms with van der Waals surface area (Å²) in [5.41, 5.74) is 18.0. The zero-order chi connectivity index (χ0) is 37.8. The van der Waals surface area contributed by atoms with Gasteiger partial charge in [-0.3, -0.25) is 0 Å². The summed E-state index contributed by atoms with van der Waals surface area (Å²) >= 11 is 0. The third-order valence-electron chi connectivity index (χ3n) is 12.7. The van der Waals surface area contributed by atoms with Gasteiger partial charge in [0.2, 0.25) is 0 Å². The zero-order valence-corrected chi connectivity index (χ0v) is 32.1. The lowest BCUT2D eigenvalue weighted by atomic mass is 9.77. The standard InChI is InChI=1S/C54H40N2/c1-53(2)45-26-13-12-22-43(45)49-44(25-15-27-46(49)53)48-32-47(55-52(56-48)34-17-6-5-7-18-34)39-31-30-38(36-20-10-11-21-37(36)39)40-23-14-24-41-42-29-28-33-16-8-9-19-35(33)50(42)54(3,4)51(40)41/h5-32H,1-4H3. The first-order valence-electron chi connectivity index (χ1n) is 19.7. The van der Waals surface area contributed by atoms with E-state index in [-0.39, 0.29) is 10.8 Å². The number of aromatic nitrogens is 2. The van der Waals surface area contributed by atoms with Crippen LogP contribution < -0.4 is 0 Å². The molecule has 2 nitrogen and oxygen atoms in total. The van der Waals surface area contributed by atoms with Crippen LogP contribution in [-0.2, 0) is 10.8 Å². The summed E-state index contributed by atoms with van der Waals surface area (Å²) < 4.78 is 0. The van der Waals surface area contributed by atoms with Crippen LogP contribution in [0.25, 0.3) is 88.8 Å². The van der Waals surface area contributed by atoms with Gasteiger partial charge in [-0.25, -0.2) is 9.97 Å². The molecule has 266 valence electrons. The van der Waals surface area contributed by atoms with Crippen LogP contribution in [0.2, 0.25) is 0 Å². The molecule has 2 aliphatic rings. The van der Waals surface area contributed by atoms with Crippen LogP contribution in [0.15, 0.2) is 170 Å². The van der Waals surface area contributed by atoms with Gasteiger partial charge >= 0.3 is 0 Å². The molecule has 8 aromatic carbocycles. The van der Waals surface area contributed by atoms with E-state index in [1.807, 2.05) is 6.07 Å². The van der Waals surface area contributed by atoms with E-state index < -0.39 is 0 Å². The van der Waals surface area contributed by atoms with Gasteiger partial charge in [-0.2, -0.15) is 0 Å². The molecule has 0 aliphatic heterocycles. The Balaban J connectivity index is 1.12. The summed E-state index contributed by atoms with van der Waals surface area (Å²) in [4.78, 5) is 10.7. The number of hydrogen-bond acceptors (Lipinski definition) is 2. The van der Waals surface area contributed by atoms with Crippen LogP contribution in [0.1, 0.15) is 49.9 Å².